The molecule has 2 aliphatic rings. The average molecular weight is 418 g/mol. The Kier molecular flexibility index (Phi) is 5.50. The van der Waals surface area contributed by atoms with Gasteiger partial charge in [-0.2, -0.15) is 0 Å². The molecule has 0 fully saturated rings. The van der Waals surface area contributed by atoms with Crippen molar-refractivity contribution >= 4 is 17.4 Å². The molecule has 0 saturated carbocycles. The van der Waals surface area contributed by atoms with Crippen molar-refractivity contribution in [1.29, 1.82) is 0 Å². The number of hydrogen-bond acceptors (Lipinski definition) is 3. The summed E-state index contributed by atoms with van der Waals surface area (Å²) in [7, 11) is 0. The summed E-state index contributed by atoms with van der Waals surface area (Å²) in [6.45, 7) is 10.8. The largest absolute Gasteiger partial charge is 0.494 e. The van der Waals surface area contributed by atoms with Gasteiger partial charge < -0.3 is 4.74 Å². The molecule has 4 nitrogen and oxygen atoms in total. The van der Waals surface area contributed by atoms with Crippen molar-refractivity contribution in [1.82, 2.24) is 0 Å². The van der Waals surface area contributed by atoms with E-state index in [0.29, 0.717) is 19.4 Å². The summed E-state index contributed by atoms with van der Waals surface area (Å²) in [6, 6.07) is 14.0. The van der Waals surface area contributed by atoms with E-state index in [9.17, 15) is 9.59 Å². The van der Waals surface area contributed by atoms with E-state index in [1.165, 1.54) is 0 Å². The van der Waals surface area contributed by atoms with Gasteiger partial charge in [0.2, 0.25) is 5.91 Å². The van der Waals surface area contributed by atoms with E-state index in [0.717, 1.165) is 39.4 Å². The topological polar surface area (TPSA) is 46.6 Å². The van der Waals surface area contributed by atoms with E-state index < -0.39 is 0 Å². The van der Waals surface area contributed by atoms with Crippen molar-refractivity contribution in [3.8, 4) is 5.75 Å². The fraction of sp³-hybridized carbons (Fsp3) is 0.407. The summed E-state index contributed by atoms with van der Waals surface area (Å²) >= 11 is 0. The Morgan fingerprint density at radius 3 is 2.39 bits per heavy atom. The van der Waals surface area contributed by atoms with Crippen LogP contribution in [0.25, 0.3) is 0 Å². The van der Waals surface area contributed by atoms with E-state index in [2.05, 4.69) is 19.9 Å². The number of para-hydroxylation sites is 1. The molecule has 4 heteroatoms. The first-order valence-electron chi connectivity index (χ1n) is 11.1. The summed E-state index contributed by atoms with van der Waals surface area (Å²) in [6.07, 6.45) is 1.45. The van der Waals surface area contributed by atoms with Gasteiger partial charge in [0.1, 0.15) is 5.75 Å². The lowest BCUT2D eigenvalue weighted by Gasteiger charge is -2.43. The number of allylic oxidation sites excluding steroid dienone is 2. The molecule has 1 aliphatic carbocycles. The van der Waals surface area contributed by atoms with Gasteiger partial charge >= 0.3 is 0 Å². The zero-order chi connectivity index (χ0) is 22.3. The first-order chi connectivity index (χ1) is 14.7. The number of hydrogen-bond donors (Lipinski definition) is 0. The number of ketones is 1. The van der Waals surface area contributed by atoms with Crippen LogP contribution in [0.15, 0.2) is 53.7 Å². The smallest absolute Gasteiger partial charge is 0.232 e. The highest BCUT2D eigenvalue weighted by molar-refractivity contribution is 6.08. The minimum absolute atomic E-state index is 0.0329. The van der Waals surface area contributed by atoms with E-state index in [-0.39, 0.29) is 29.4 Å². The SMILES string of the molecule is CCOc1ccccc1C1CC(=O)N(c2cc(C)cc(C)c2)C2=C1C(=O)CC(C)(C)C2. The van der Waals surface area contributed by atoms with Crippen LogP contribution in [0.3, 0.4) is 0 Å². The molecule has 2 aromatic carbocycles. The molecule has 4 rings (SSSR count). The van der Waals surface area contributed by atoms with Crippen LogP contribution in [0, 0.1) is 19.3 Å². The number of rotatable bonds is 4. The average Bonchev–Trinajstić information content (AvgIpc) is 2.66. The highest BCUT2D eigenvalue weighted by Crippen LogP contribution is 2.49. The van der Waals surface area contributed by atoms with Crippen molar-refractivity contribution in [2.75, 3.05) is 11.5 Å². The fourth-order valence-electron chi connectivity index (χ4n) is 5.12. The molecule has 0 spiro atoms. The maximum atomic E-state index is 13.6. The Hall–Kier alpha value is -2.88. The summed E-state index contributed by atoms with van der Waals surface area (Å²) in [5.74, 6) is 0.665. The molecule has 0 radical (unpaired) electrons. The molecule has 1 unspecified atom stereocenters. The van der Waals surface area contributed by atoms with E-state index in [1.807, 2.05) is 62.1 Å². The van der Waals surface area contributed by atoms with Crippen molar-refractivity contribution in [2.24, 2.45) is 5.41 Å². The number of nitrogens with zero attached hydrogens (tertiary/aromatic N) is 1. The van der Waals surface area contributed by atoms with Crippen molar-refractivity contribution in [3.05, 3.63) is 70.4 Å². The highest BCUT2D eigenvalue weighted by atomic mass is 16.5. The number of amides is 1. The second-order valence-electron chi connectivity index (χ2n) is 9.60. The molecule has 1 heterocycles. The number of aryl methyl sites for hydroxylation is 2. The van der Waals surface area contributed by atoms with Crippen LogP contribution in [0.5, 0.6) is 5.75 Å². The van der Waals surface area contributed by atoms with Gasteiger partial charge in [0.15, 0.2) is 5.78 Å². The van der Waals surface area contributed by atoms with Gasteiger partial charge in [0, 0.05) is 41.3 Å². The maximum absolute atomic E-state index is 13.6. The number of carbonyl (C=O) groups is 2. The van der Waals surface area contributed by atoms with Gasteiger partial charge in [-0.25, -0.2) is 0 Å². The van der Waals surface area contributed by atoms with E-state index in [1.54, 1.807) is 0 Å². The molecule has 0 N–H and O–H groups in total. The number of Topliss-reactive ketones (excluding diaryl/α,β-unsaturated/α-hetero) is 1. The Morgan fingerprint density at radius 1 is 1.03 bits per heavy atom. The molecule has 0 saturated heterocycles. The lowest BCUT2D eigenvalue weighted by molar-refractivity contribution is -0.121. The summed E-state index contributed by atoms with van der Waals surface area (Å²) in [5.41, 5.74) is 5.46. The fourth-order valence-corrected chi connectivity index (χ4v) is 5.12. The van der Waals surface area contributed by atoms with Gasteiger partial charge in [-0.05, 0) is 61.9 Å². The minimum atomic E-state index is -0.268. The summed E-state index contributed by atoms with van der Waals surface area (Å²) in [5, 5.41) is 0. The zero-order valence-corrected chi connectivity index (χ0v) is 19.1. The van der Waals surface area contributed by atoms with Gasteiger partial charge in [-0.3, -0.25) is 14.5 Å². The molecule has 0 bridgehead atoms. The van der Waals surface area contributed by atoms with Gasteiger partial charge in [0.05, 0.1) is 6.61 Å². The van der Waals surface area contributed by atoms with Crippen LogP contribution >= 0.6 is 0 Å². The third-order valence-corrected chi connectivity index (χ3v) is 6.20. The number of carbonyl (C=O) groups excluding carboxylic acids is 2. The second kappa shape index (κ2) is 7.99. The van der Waals surface area contributed by atoms with Crippen LogP contribution < -0.4 is 9.64 Å². The van der Waals surface area contributed by atoms with Crippen molar-refractivity contribution in [3.63, 3.8) is 0 Å². The molecular formula is C27H31NO3. The van der Waals surface area contributed by atoms with Crippen LogP contribution in [0.4, 0.5) is 5.69 Å². The van der Waals surface area contributed by atoms with E-state index >= 15 is 0 Å². The van der Waals surface area contributed by atoms with E-state index in [4.69, 9.17) is 4.74 Å². The maximum Gasteiger partial charge on any atom is 0.232 e. The predicted octanol–water partition coefficient (Wildman–Crippen LogP) is 5.87. The van der Waals surface area contributed by atoms with Gasteiger partial charge in [0.25, 0.3) is 0 Å². The molecule has 31 heavy (non-hydrogen) atoms. The van der Waals surface area contributed by atoms with Crippen molar-refractivity contribution < 1.29 is 14.3 Å². The standard InChI is InChI=1S/C27H31NO3/c1-6-31-24-10-8-7-9-20(24)21-14-25(30)28(19-12-17(2)11-18(3)13-19)22-15-27(4,5)16-23(29)26(21)22/h7-13,21H,6,14-16H2,1-5H3. The zero-order valence-electron chi connectivity index (χ0n) is 19.1. The monoisotopic (exact) mass is 417 g/mol. The molecule has 1 amide bonds. The molecule has 2 aromatic rings. The Bertz CT molecular complexity index is 1060. The van der Waals surface area contributed by atoms with Gasteiger partial charge in [-0.1, -0.05) is 38.1 Å². The highest BCUT2D eigenvalue weighted by Gasteiger charge is 2.45. The molecule has 1 atom stereocenters. The van der Waals surface area contributed by atoms with Crippen molar-refractivity contribution in [2.45, 2.75) is 59.8 Å². The lowest BCUT2D eigenvalue weighted by atomic mass is 9.69. The third kappa shape index (κ3) is 4.04. The number of benzene rings is 2. The predicted molar refractivity (Wildman–Crippen MR) is 123 cm³/mol. The summed E-state index contributed by atoms with van der Waals surface area (Å²) < 4.78 is 5.87. The molecular weight excluding hydrogens is 386 g/mol. The Labute approximate surface area is 184 Å². The van der Waals surface area contributed by atoms with Gasteiger partial charge in [-0.15, -0.1) is 0 Å². The first-order valence-corrected chi connectivity index (χ1v) is 11.1. The van der Waals surface area contributed by atoms with Crippen LogP contribution in [0.1, 0.15) is 62.6 Å². The number of anilines is 1. The minimum Gasteiger partial charge on any atom is -0.494 e. The quantitative estimate of drug-likeness (QED) is 0.625. The van der Waals surface area contributed by atoms with Crippen LogP contribution in [0.2, 0.25) is 0 Å². The number of ether oxygens (including phenoxy) is 1. The normalized spacial score (nSPS) is 20.7. The Morgan fingerprint density at radius 2 is 1.71 bits per heavy atom. The van der Waals surface area contributed by atoms with Crippen LogP contribution in [-0.2, 0) is 9.59 Å². The lowest BCUT2D eigenvalue weighted by Crippen LogP contribution is -2.43. The second-order valence-corrected chi connectivity index (χ2v) is 9.60. The summed E-state index contributed by atoms with van der Waals surface area (Å²) in [4.78, 5) is 28.9. The third-order valence-electron chi connectivity index (χ3n) is 6.20. The molecule has 1 aliphatic heterocycles. The molecule has 162 valence electrons. The van der Waals surface area contributed by atoms with Crippen LogP contribution in [-0.4, -0.2) is 18.3 Å². The molecule has 0 aromatic heterocycles. The Balaban J connectivity index is 1.92. The first kappa shape index (κ1) is 21.4.